The minimum Gasteiger partial charge on any atom is -0.354 e. The Labute approximate surface area is 83.3 Å². The molecular weight excluding hydrogens is 176 g/mol. The van der Waals surface area contributed by atoms with Gasteiger partial charge in [0.05, 0.1) is 5.39 Å². The van der Waals surface area contributed by atoms with Crippen LogP contribution in [0.1, 0.15) is 13.8 Å². The van der Waals surface area contributed by atoms with Crippen LogP contribution in [0.15, 0.2) is 28.8 Å². The van der Waals surface area contributed by atoms with Crippen molar-refractivity contribution in [2.24, 2.45) is 0 Å². The van der Waals surface area contributed by atoms with E-state index >= 15 is 0 Å². The fourth-order valence-electron chi connectivity index (χ4n) is 1.62. The minimum absolute atomic E-state index is 0.856. The van der Waals surface area contributed by atoms with Gasteiger partial charge in [-0.25, -0.2) is 0 Å². The van der Waals surface area contributed by atoms with Gasteiger partial charge in [0.2, 0.25) is 0 Å². The maximum atomic E-state index is 5.24. The largest absolute Gasteiger partial charge is 0.354 e. The quantitative estimate of drug-likeness (QED) is 0.745. The Kier molecular flexibility index (Phi) is 2.39. The lowest BCUT2D eigenvalue weighted by molar-refractivity contribution is 0.455. The molecule has 3 nitrogen and oxygen atoms in total. The summed E-state index contributed by atoms with van der Waals surface area (Å²) < 4.78 is 5.24. The number of nitrogens with zero attached hydrogens (tertiary/aromatic N) is 2. The molecule has 74 valence electrons. The van der Waals surface area contributed by atoms with Crippen molar-refractivity contribution in [2.45, 2.75) is 13.8 Å². The van der Waals surface area contributed by atoms with E-state index in [0.29, 0.717) is 0 Å². The van der Waals surface area contributed by atoms with Gasteiger partial charge in [-0.05, 0) is 26.0 Å². The monoisotopic (exact) mass is 190 g/mol. The average molecular weight is 190 g/mol. The normalized spacial score (nSPS) is 10.7. The second kappa shape index (κ2) is 3.70. The molecule has 0 unspecified atom stereocenters. The second-order valence-electron chi connectivity index (χ2n) is 3.17. The van der Waals surface area contributed by atoms with E-state index in [9.17, 15) is 0 Å². The summed E-state index contributed by atoms with van der Waals surface area (Å²) in [5.74, 6) is 0.950. The Morgan fingerprint density at radius 1 is 1.21 bits per heavy atom. The van der Waals surface area contributed by atoms with Crippen molar-refractivity contribution in [3.05, 3.63) is 24.3 Å². The van der Waals surface area contributed by atoms with Crippen LogP contribution in [0.2, 0.25) is 0 Å². The lowest BCUT2D eigenvalue weighted by atomic mass is 10.2. The van der Waals surface area contributed by atoms with E-state index in [4.69, 9.17) is 4.52 Å². The molecule has 3 heteroatoms. The van der Waals surface area contributed by atoms with E-state index in [1.54, 1.807) is 0 Å². The van der Waals surface area contributed by atoms with Gasteiger partial charge in [-0.3, -0.25) is 0 Å². The summed E-state index contributed by atoms with van der Waals surface area (Å²) in [7, 11) is 0. The highest BCUT2D eigenvalue weighted by atomic mass is 16.5. The number of fused-ring (bicyclic) bond motifs is 1. The smallest absolute Gasteiger partial charge is 0.179 e. The number of hydrogen-bond donors (Lipinski definition) is 0. The van der Waals surface area contributed by atoms with Gasteiger partial charge in [-0.2, -0.15) is 0 Å². The van der Waals surface area contributed by atoms with Gasteiger partial charge in [-0.15, -0.1) is 0 Å². The van der Waals surface area contributed by atoms with E-state index in [2.05, 4.69) is 23.9 Å². The van der Waals surface area contributed by atoms with Crippen molar-refractivity contribution < 1.29 is 4.52 Å². The predicted octanol–water partition coefficient (Wildman–Crippen LogP) is 2.67. The molecule has 0 aliphatic rings. The Morgan fingerprint density at radius 3 is 2.64 bits per heavy atom. The van der Waals surface area contributed by atoms with Crippen LogP contribution in [0.3, 0.4) is 0 Å². The summed E-state index contributed by atoms with van der Waals surface area (Å²) >= 11 is 0. The molecule has 14 heavy (non-hydrogen) atoms. The number of rotatable bonds is 3. The van der Waals surface area contributed by atoms with Crippen LogP contribution >= 0.6 is 0 Å². The van der Waals surface area contributed by atoms with Crippen LogP contribution in [0.4, 0.5) is 5.82 Å². The molecule has 0 amide bonds. The molecule has 2 rings (SSSR count). The summed E-state index contributed by atoms with van der Waals surface area (Å²) in [4.78, 5) is 2.19. The van der Waals surface area contributed by atoms with Gasteiger partial charge < -0.3 is 9.42 Å². The first-order chi connectivity index (χ1) is 6.86. The lowest BCUT2D eigenvalue weighted by Crippen LogP contribution is -2.22. The van der Waals surface area contributed by atoms with Crippen molar-refractivity contribution >= 4 is 16.8 Å². The first-order valence-corrected chi connectivity index (χ1v) is 4.96. The molecule has 1 aromatic carbocycles. The van der Waals surface area contributed by atoms with Crippen molar-refractivity contribution in [1.29, 1.82) is 0 Å². The lowest BCUT2D eigenvalue weighted by Gasteiger charge is -2.16. The third-order valence-corrected chi connectivity index (χ3v) is 2.42. The third kappa shape index (κ3) is 1.35. The topological polar surface area (TPSA) is 29.3 Å². The fraction of sp³-hybridized carbons (Fsp3) is 0.364. The van der Waals surface area contributed by atoms with Crippen LogP contribution in [0.5, 0.6) is 0 Å². The zero-order valence-electron chi connectivity index (χ0n) is 8.53. The van der Waals surface area contributed by atoms with Gasteiger partial charge in [0.1, 0.15) is 0 Å². The summed E-state index contributed by atoms with van der Waals surface area (Å²) in [5.41, 5.74) is 0.856. The van der Waals surface area contributed by atoms with Crippen molar-refractivity contribution in [1.82, 2.24) is 5.16 Å². The molecule has 1 heterocycles. The maximum Gasteiger partial charge on any atom is 0.179 e. The minimum atomic E-state index is 0.856. The molecule has 0 bridgehead atoms. The van der Waals surface area contributed by atoms with Crippen LogP contribution in [0, 0.1) is 0 Å². The van der Waals surface area contributed by atoms with Crippen molar-refractivity contribution in [3.8, 4) is 0 Å². The zero-order chi connectivity index (χ0) is 9.97. The molecule has 0 spiro atoms. The molecule has 0 atom stereocenters. The van der Waals surface area contributed by atoms with E-state index in [1.165, 1.54) is 0 Å². The number of aromatic nitrogens is 1. The Hall–Kier alpha value is -1.51. The highest BCUT2D eigenvalue weighted by Crippen LogP contribution is 2.25. The molecule has 2 aromatic rings. The average Bonchev–Trinajstić information content (AvgIpc) is 2.65. The van der Waals surface area contributed by atoms with E-state index < -0.39 is 0 Å². The first-order valence-electron chi connectivity index (χ1n) is 4.96. The van der Waals surface area contributed by atoms with Crippen LogP contribution in [-0.4, -0.2) is 18.2 Å². The van der Waals surface area contributed by atoms with Gasteiger partial charge in [0, 0.05) is 13.1 Å². The van der Waals surface area contributed by atoms with Gasteiger partial charge in [0.15, 0.2) is 11.4 Å². The summed E-state index contributed by atoms with van der Waals surface area (Å²) in [5, 5.41) is 5.18. The number of para-hydroxylation sites is 1. The molecule has 0 aliphatic carbocycles. The SMILES string of the molecule is CCN(CC)c1noc2ccccc12. The number of anilines is 1. The third-order valence-electron chi connectivity index (χ3n) is 2.42. The molecule has 1 aromatic heterocycles. The van der Waals surface area contributed by atoms with E-state index in [-0.39, 0.29) is 0 Å². The fourth-order valence-corrected chi connectivity index (χ4v) is 1.62. The van der Waals surface area contributed by atoms with Gasteiger partial charge >= 0.3 is 0 Å². The molecule has 0 saturated heterocycles. The van der Waals surface area contributed by atoms with Crippen molar-refractivity contribution in [2.75, 3.05) is 18.0 Å². The van der Waals surface area contributed by atoms with E-state index in [1.807, 2.05) is 24.3 Å². The summed E-state index contributed by atoms with van der Waals surface area (Å²) in [6.45, 7) is 6.14. The van der Waals surface area contributed by atoms with Crippen LogP contribution in [-0.2, 0) is 0 Å². The maximum absolute atomic E-state index is 5.24. The summed E-state index contributed by atoms with van der Waals surface area (Å²) in [6.07, 6.45) is 0. The standard InChI is InChI=1S/C11H14N2O/c1-3-13(4-2)11-9-7-5-6-8-10(9)14-12-11/h5-8H,3-4H2,1-2H3. The van der Waals surface area contributed by atoms with E-state index in [0.717, 1.165) is 29.9 Å². The Balaban J connectivity index is 2.51. The second-order valence-corrected chi connectivity index (χ2v) is 3.17. The van der Waals surface area contributed by atoms with Crippen LogP contribution < -0.4 is 4.90 Å². The van der Waals surface area contributed by atoms with Crippen LogP contribution in [0.25, 0.3) is 11.0 Å². The highest BCUT2D eigenvalue weighted by molar-refractivity contribution is 5.88. The summed E-state index contributed by atoms with van der Waals surface area (Å²) in [6, 6.07) is 7.95. The molecular formula is C11H14N2O. The molecule has 0 saturated carbocycles. The first kappa shape index (κ1) is 9.06. The Bertz CT molecular complexity index is 418. The molecule has 0 aliphatic heterocycles. The van der Waals surface area contributed by atoms with Gasteiger partial charge in [-0.1, -0.05) is 17.3 Å². The molecule has 0 radical (unpaired) electrons. The number of hydrogen-bond acceptors (Lipinski definition) is 3. The highest BCUT2D eigenvalue weighted by Gasteiger charge is 2.11. The molecule has 0 fully saturated rings. The predicted molar refractivity (Wildman–Crippen MR) is 57.6 cm³/mol. The molecule has 0 N–H and O–H groups in total. The zero-order valence-corrected chi connectivity index (χ0v) is 8.53. The number of benzene rings is 1. The Morgan fingerprint density at radius 2 is 1.93 bits per heavy atom. The van der Waals surface area contributed by atoms with Crippen molar-refractivity contribution in [3.63, 3.8) is 0 Å². The van der Waals surface area contributed by atoms with Gasteiger partial charge in [0.25, 0.3) is 0 Å².